The summed E-state index contributed by atoms with van der Waals surface area (Å²) in [5.41, 5.74) is 1.36. The zero-order valence-electron chi connectivity index (χ0n) is 14.7. The Morgan fingerprint density at radius 3 is 2.81 bits per heavy atom. The number of aliphatic hydroxyl groups excluding tert-OH is 1. The summed E-state index contributed by atoms with van der Waals surface area (Å²) >= 11 is 1.43. The number of hydrogen-bond donors (Lipinski definition) is 3. The first-order valence-electron chi connectivity index (χ1n) is 8.68. The number of pyridine rings is 1. The normalized spacial score (nSPS) is 19.8. The van der Waals surface area contributed by atoms with Crippen molar-refractivity contribution in [2.24, 2.45) is 0 Å². The number of amides is 1. The Kier molecular flexibility index (Phi) is 6.40. The molecule has 0 bridgehead atoms. The summed E-state index contributed by atoms with van der Waals surface area (Å²) in [4.78, 5) is 25.4. The van der Waals surface area contributed by atoms with Gasteiger partial charge in [-0.1, -0.05) is 17.8 Å². The average Bonchev–Trinajstić information content (AvgIpc) is 2.68. The van der Waals surface area contributed by atoms with Gasteiger partial charge in [0, 0.05) is 31.2 Å². The molecule has 1 fully saturated rings. The number of aromatic nitrogens is 3. The molecule has 8 heteroatoms. The number of aliphatic hydroxyl groups is 1. The Morgan fingerprint density at radius 1 is 1.31 bits per heavy atom. The van der Waals surface area contributed by atoms with Gasteiger partial charge in [-0.25, -0.2) is 9.97 Å². The summed E-state index contributed by atoms with van der Waals surface area (Å²) in [6.45, 7) is 0.395. The molecule has 3 rings (SSSR count). The first kappa shape index (κ1) is 18.6. The van der Waals surface area contributed by atoms with Crippen LogP contribution in [0.1, 0.15) is 41.6 Å². The lowest BCUT2D eigenvalue weighted by Crippen LogP contribution is -2.31. The summed E-state index contributed by atoms with van der Waals surface area (Å²) in [7, 11) is 0. The van der Waals surface area contributed by atoms with Crippen LogP contribution in [0.3, 0.4) is 0 Å². The molecule has 2 aromatic heterocycles. The second-order valence-electron chi connectivity index (χ2n) is 6.31. The number of carbonyl (C=O) groups is 1. The molecule has 0 aromatic carbocycles. The van der Waals surface area contributed by atoms with E-state index in [0.29, 0.717) is 23.1 Å². The van der Waals surface area contributed by atoms with Crippen LogP contribution in [-0.4, -0.2) is 44.4 Å². The predicted molar refractivity (Wildman–Crippen MR) is 101 cm³/mol. The number of hydrogen-bond acceptors (Lipinski definition) is 7. The lowest BCUT2D eigenvalue weighted by Gasteiger charge is -2.27. The molecule has 0 radical (unpaired) electrons. The SMILES string of the molecule is CSc1ncc(C(=O)NCc2cccnc2)c(N[C@H]2CC[C@H](O)CC2)n1. The quantitative estimate of drug-likeness (QED) is 0.527. The van der Waals surface area contributed by atoms with Crippen LogP contribution >= 0.6 is 11.8 Å². The molecule has 0 unspecified atom stereocenters. The van der Waals surface area contributed by atoms with E-state index in [2.05, 4.69) is 25.6 Å². The molecular formula is C18H23N5O2S. The van der Waals surface area contributed by atoms with Crippen LogP contribution in [0.5, 0.6) is 0 Å². The van der Waals surface area contributed by atoms with E-state index in [4.69, 9.17) is 0 Å². The Balaban J connectivity index is 1.71. The van der Waals surface area contributed by atoms with Crippen molar-refractivity contribution in [3.63, 3.8) is 0 Å². The fraction of sp³-hybridized carbons (Fsp3) is 0.444. The van der Waals surface area contributed by atoms with Crippen LogP contribution in [0.25, 0.3) is 0 Å². The van der Waals surface area contributed by atoms with E-state index in [1.54, 1.807) is 18.6 Å². The van der Waals surface area contributed by atoms with Gasteiger partial charge in [-0.15, -0.1) is 0 Å². The highest BCUT2D eigenvalue weighted by molar-refractivity contribution is 7.98. The molecule has 1 aliphatic carbocycles. The minimum Gasteiger partial charge on any atom is -0.393 e. The summed E-state index contributed by atoms with van der Waals surface area (Å²) in [6, 6.07) is 3.95. The summed E-state index contributed by atoms with van der Waals surface area (Å²) in [5, 5.41) is 16.6. The Morgan fingerprint density at radius 2 is 2.12 bits per heavy atom. The van der Waals surface area contributed by atoms with Crippen LogP contribution in [0.15, 0.2) is 35.9 Å². The van der Waals surface area contributed by atoms with Crippen LogP contribution in [0, 0.1) is 0 Å². The monoisotopic (exact) mass is 373 g/mol. The summed E-state index contributed by atoms with van der Waals surface area (Å²) < 4.78 is 0. The molecule has 1 amide bonds. The van der Waals surface area contributed by atoms with Gasteiger partial charge in [0.25, 0.3) is 5.91 Å². The lowest BCUT2D eigenvalue weighted by molar-refractivity contribution is 0.0950. The molecule has 3 N–H and O–H groups in total. The van der Waals surface area contributed by atoms with E-state index in [0.717, 1.165) is 31.2 Å². The smallest absolute Gasteiger partial charge is 0.256 e. The molecule has 2 heterocycles. The van der Waals surface area contributed by atoms with Gasteiger partial charge in [-0.2, -0.15) is 0 Å². The number of carbonyl (C=O) groups excluding carboxylic acids is 1. The van der Waals surface area contributed by atoms with Crippen LogP contribution < -0.4 is 10.6 Å². The van der Waals surface area contributed by atoms with Crippen molar-refractivity contribution < 1.29 is 9.90 Å². The minimum atomic E-state index is -0.222. The van der Waals surface area contributed by atoms with E-state index in [-0.39, 0.29) is 18.1 Å². The van der Waals surface area contributed by atoms with Gasteiger partial charge in [0.05, 0.1) is 6.10 Å². The Bertz CT molecular complexity index is 736. The second kappa shape index (κ2) is 8.95. The zero-order chi connectivity index (χ0) is 18.4. The third-order valence-corrected chi connectivity index (χ3v) is 4.97. The van der Waals surface area contributed by atoms with Gasteiger partial charge in [0.15, 0.2) is 5.16 Å². The molecule has 7 nitrogen and oxygen atoms in total. The van der Waals surface area contributed by atoms with Crippen molar-refractivity contribution >= 4 is 23.5 Å². The van der Waals surface area contributed by atoms with Gasteiger partial charge in [-0.05, 0) is 43.6 Å². The molecule has 0 spiro atoms. The van der Waals surface area contributed by atoms with Crippen LogP contribution in [-0.2, 0) is 6.54 Å². The van der Waals surface area contributed by atoms with Gasteiger partial charge in [-0.3, -0.25) is 9.78 Å². The van der Waals surface area contributed by atoms with E-state index in [9.17, 15) is 9.90 Å². The molecular weight excluding hydrogens is 350 g/mol. The fourth-order valence-corrected chi connectivity index (χ4v) is 3.27. The Hall–Kier alpha value is -2.19. The highest BCUT2D eigenvalue weighted by Crippen LogP contribution is 2.24. The largest absolute Gasteiger partial charge is 0.393 e. The maximum atomic E-state index is 12.6. The van der Waals surface area contributed by atoms with E-state index >= 15 is 0 Å². The van der Waals surface area contributed by atoms with Gasteiger partial charge >= 0.3 is 0 Å². The number of anilines is 1. The first-order valence-corrected chi connectivity index (χ1v) is 9.91. The third-order valence-electron chi connectivity index (χ3n) is 4.41. The molecule has 0 saturated heterocycles. The number of thioether (sulfide) groups is 1. The molecule has 26 heavy (non-hydrogen) atoms. The van der Waals surface area contributed by atoms with Gasteiger partial charge in [0.1, 0.15) is 11.4 Å². The first-order chi connectivity index (χ1) is 12.7. The predicted octanol–water partition coefficient (Wildman–Crippen LogP) is 2.24. The van der Waals surface area contributed by atoms with Crippen molar-refractivity contribution in [3.8, 4) is 0 Å². The van der Waals surface area contributed by atoms with Gasteiger partial charge < -0.3 is 15.7 Å². The van der Waals surface area contributed by atoms with Crippen molar-refractivity contribution in [3.05, 3.63) is 41.9 Å². The van der Waals surface area contributed by atoms with Crippen molar-refractivity contribution in [1.82, 2.24) is 20.3 Å². The maximum Gasteiger partial charge on any atom is 0.256 e. The molecule has 0 atom stereocenters. The van der Waals surface area contributed by atoms with Crippen molar-refractivity contribution in [2.75, 3.05) is 11.6 Å². The highest BCUT2D eigenvalue weighted by Gasteiger charge is 2.22. The van der Waals surface area contributed by atoms with Crippen LogP contribution in [0.4, 0.5) is 5.82 Å². The highest BCUT2D eigenvalue weighted by atomic mass is 32.2. The number of nitrogens with zero attached hydrogens (tertiary/aromatic N) is 3. The zero-order valence-corrected chi connectivity index (χ0v) is 15.5. The van der Waals surface area contributed by atoms with Crippen molar-refractivity contribution in [1.29, 1.82) is 0 Å². The fourth-order valence-electron chi connectivity index (χ4n) is 2.93. The summed E-state index contributed by atoms with van der Waals surface area (Å²) in [6.07, 6.45) is 9.91. The molecule has 0 aliphatic heterocycles. The number of rotatable bonds is 6. The average molecular weight is 373 g/mol. The van der Waals surface area contributed by atoms with E-state index in [1.807, 2.05) is 18.4 Å². The number of nitrogens with one attached hydrogen (secondary N) is 2. The third kappa shape index (κ3) is 4.92. The molecule has 1 aliphatic rings. The topological polar surface area (TPSA) is 100 Å². The Labute approximate surface area is 157 Å². The van der Waals surface area contributed by atoms with Crippen molar-refractivity contribution in [2.45, 2.75) is 49.5 Å². The molecule has 2 aromatic rings. The molecule has 1 saturated carbocycles. The second-order valence-corrected chi connectivity index (χ2v) is 7.09. The molecule has 138 valence electrons. The van der Waals surface area contributed by atoms with Gasteiger partial charge in [0.2, 0.25) is 0 Å². The van der Waals surface area contributed by atoms with E-state index < -0.39 is 0 Å². The maximum absolute atomic E-state index is 12.6. The lowest BCUT2D eigenvalue weighted by atomic mass is 9.93. The standard InChI is InChI=1S/C18H23N5O2S/c1-26-18-21-11-15(17(25)20-10-12-3-2-8-19-9-12)16(23-18)22-13-4-6-14(24)7-5-13/h2-3,8-9,11,13-14,24H,4-7,10H2,1H3,(H,20,25)(H,21,22,23)/t13-,14-. The van der Waals surface area contributed by atoms with Crippen LogP contribution in [0.2, 0.25) is 0 Å². The minimum absolute atomic E-state index is 0.202. The van der Waals surface area contributed by atoms with E-state index in [1.165, 1.54) is 11.8 Å². The summed E-state index contributed by atoms with van der Waals surface area (Å²) in [5.74, 6) is 0.328.